The van der Waals surface area contributed by atoms with Crippen LogP contribution in [0.3, 0.4) is 0 Å². The van der Waals surface area contributed by atoms with E-state index >= 15 is 0 Å². The van der Waals surface area contributed by atoms with Crippen LogP contribution in [-0.4, -0.2) is 30.6 Å². The lowest BCUT2D eigenvalue weighted by Crippen LogP contribution is -2.44. The van der Waals surface area contributed by atoms with Gasteiger partial charge in [0.15, 0.2) is 6.61 Å². The third-order valence-electron chi connectivity index (χ3n) is 5.17. The molecule has 2 amide bonds. The molecule has 9 nitrogen and oxygen atoms in total. The Hall–Kier alpha value is -4.58. The highest BCUT2D eigenvalue weighted by molar-refractivity contribution is 5.93. The molecule has 0 saturated carbocycles. The number of rotatable bonds is 9. The second kappa shape index (κ2) is 12.0. The number of aryl methyl sites for hydroxylation is 1. The van der Waals surface area contributed by atoms with E-state index in [1.54, 1.807) is 50.2 Å². The lowest BCUT2D eigenvalue weighted by Gasteiger charge is -2.17. The van der Waals surface area contributed by atoms with E-state index in [0.29, 0.717) is 11.3 Å². The molecule has 0 unspecified atom stereocenters. The highest BCUT2D eigenvalue weighted by Gasteiger charge is 2.25. The summed E-state index contributed by atoms with van der Waals surface area (Å²) in [5, 5.41) is 14.2. The van der Waals surface area contributed by atoms with Crippen molar-refractivity contribution in [2.24, 2.45) is 0 Å². The highest BCUT2D eigenvalue weighted by Crippen LogP contribution is 2.25. The summed E-state index contributed by atoms with van der Waals surface area (Å²) in [6.45, 7) is 2.77. The average molecular weight is 476 g/mol. The standard InChI is InChI=1S/C26H25N3O6/c1-17-18(2)35-24(21(17)14-27)29-23(30)16-33-25(31)22(13-19-9-5-3-6-10-19)28-26(32)34-15-20-11-7-4-8-12-20/h3-12,22H,13,15-16H2,1-2H3,(H,28,32)(H,29,30)/t22-/m0/s1. The number of hydrogen-bond donors (Lipinski definition) is 2. The third-order valence-corrected chi connectivity index (χ3v) is 5.17. The Morgan fingerprint density at radius 2 is 1.60 bits per heavy atom. The first-order valence-electron chi connectivity index (χ1n) is 10.8. The van der Waals surface area contributed by atoms with Crippen LogP contribution in [-0.2, 0) is 32.1 Å². The minimum atomic E-state index is -1.09. The largest absolute Gasteiger partial charge is 0.454 e. The summed E-state index contributed by atoms with van der Waals surface area (Å²) in [4.78, 5) is 37.4. The normalized spacial score (nSPS) is 11.1. The van der Waals surface area contributed by atoms with Gasteiger partial charge in [-0.05, 0) is 25.0 Å². The van der Waals surface area contributed by atoms with Crippen molar-refractivity contribution in [3.63, 3.8) is 0 Å². The number of amides is 2. The molecular formula is C26H25N3O6. The maximum Gasteiger partial charge on any atom is 0.408 e. The van der Waals surface area contributed by atoms with Gasteiger partial charge in [-0.3, -0.25) is 10.1 Å². The molecule has 1 heterocycles. The Kier molecular flexibility index (Phi) is 8.62. The van der Waals surface area contributed by atoms with Crippen molar-refractivity contribution in [3.8, 4) is 6.07 Å². The zero-order valence-electron chi connectivity index (χ0n) is 19.4. The first-order valence-corrected chi connectivity index (χ1v) is 10.8. The van der Waals surface area contributed by atoms with Gasteiger partial charge in [0.05, 0.1) is 0 Å². The van der Waals surface area contributed by atoms with Crippen LogP contribution in [0.1, 0.15) is 28.0 Å². The van der Waals surface area contributed by atoms with Gasteiger partial charge in [-0.15, -0.1) is 0 Å². The number of nitrogens with one attached hydrogen (secondary N) is 2. The third kappa shape index (κ3) is 7.20. The number of nitrogens with zero attached hydrogens (tertiary/aromatic N) is 1. The maximum atomic E-state index is 12.7. The minimum Gasteiger partial charge on any atom is -0.454 e. The Balaban J connectivity index is 1.60. The predicted molar refractivity (Wildman–Crippen MR) is 126 cm³/mol. The summed E-state index contributed by atoms with van der Waals surface area (Å²) in [5.41, 5.74) is 2.39. The molecule has 0 saturated heterocycles. The molecule has 0 aliphatic carbocycles. The Bertz CT molecular complexity index is 1220. The number of benzene rings is 2. The van der Waals surface area contributed by atoms with E-state index < -0.39 is 30.6 Å². The van der Waals surface area contributed by atoms with Gasteiger partial charge in [-0.2, -0.15) is 5.26 Å². The van der Waals surface area contributed by atoms with Crippen LogP contribution in [0.2, 0.25) is 0 Å². The van der Waals surface area contributed by atoms with Crippen LogP contribution in [0.5, 0.6) is 0 Å². The van der Waals surface area contributed by atoms with Crippen LogP contribution in [0.25, 0.3) is 0 Å². The monoisotopic (exact) mass is 475 g/mol. The van der Waals surface area contributed by atoms with Crippen molar-refractivity contribution in [2.45, 2.75) is 32.9 Å². The summed E-state index contributed by atoms with van der Waals surface area (Å²) in [7, 11) is 0. The van der Waals surface area contributed by atoms with Crippen LogP contribution in [0, 0.1) is 25.2 Å². The number of carbonyl (C=O) groups excluding carboxylic acids is 3. The molecule has 0 fully saturated rings. The van der Waals surface area contributed by atoms with Crippen molar-refractivity contribution < 1.29 is 28.3 Å². The molecule has 0 radical (unpaired) electrons. The second-order valence-electron chi connectivity index (χ2n) is 7.70. The summed E-state index contributed by atoms with van der Waals surface area (Å²) in [6, 6.07) is 19.0. The number of carbonyl (C=O) groups is 3. The Morgan fingerprint density at radius 1 is 0.971 bits per heavy atom. The first kappa shape index (κ1) is 25.1. The van der Waals surface area contributed by atoms with Crippen molar-refractivity contribution in [1.29, 1.82) is 5.26 Å². The van der Waals surface area contributed by atoms with Crippen molar-refractivity contribution >= 4 is 23.9 Å². The summed E-state index contributed by atoms with van der Waals surface area (Å²) >= 11 is 0. The average Bonchev–Trinajstić information content (AvgIpc) is 3.13. The van der Waals surface area contributed by atoms with Crippen LogP contribution >= 0.6 is 0 Å². The van der Waals surface area contributed by atoms with E-state index in [0.717, 1.165) is 11.1 Å². The van der Waals surface area contributed by atoms with Gasteiger partial charge in [0.25, 0.3) is 5.91 Å². The van der Waals surface area contributed by atoms with Crippen LogP contribution in [0.15, 0.2) is 65.1 Å². The Morgan fingerprint density at radius 3 is 2.23 bits per heavy atom. The molecule has 35 heavy (non-hydrogen) atoms. The fourth-order valence-electron chi connectivity index (χ4n) is 3.20. The molecule has 1 atom stereocenters. The van der Waals surface area contributed by atoms with Gasteiger partial charge < -0.3 is 19.2 Å². The SMILES string of the molecule is Cc1oc(NC(=O)COC(=O)[C@H](Cc2ccccc2)NC(=O)OCc2ccccc2)c(C#N)c1C. The number of ether oxygens (including phenoxy) is 2. The van der Waals surface area contributed by atoms with E-state index in [1.807, 2.05) is 30.3 Å². The predicted octanol–water partition coefficient (Wildman–Crippen LogP) is 3.79. The fraction of sp³-hybridized carbons (Fsp3) is 0.231. The molecule has 0 spiro atoms. The zero-order chi connectivity index (χ0) is 25.2. The van der Waals surface area contributed by atoms with Crippen molar-refractivity contribution in [2.75, 3.05) is 11.9 Å². The van der Waals surface area contributed by atoms with E-state index in [1.165, 1.54) is 0 Å². The summed E-state index contributed by atoms with van der Waals surface area (Å²) in [5.74, 6) is -1.01. The summed E-state index contributed by atoms with van der Waals surface area (Å²) < 4.78 is 15.7. The quantitative estimate of drug-likeness (QED) is 0.450. The lowest BCUT2D eigenvalue weighted by atomic mass is 10.1. The van der Waals surface area contributed by atoms with Gasteiger partial charge in [-0.1, -0.05) is 60.7 Å². The van der Waals surface area contributed by atoms with Gasteiger partial charge in [0, 0.05) is 12.0 Å². The number of anilines is 1. The minimum absolute atomic E-state index is 0.00741. The number of alkyl carbamates (subject to hydrolysis) is 1. The molecule has 3 aromatic rings. The molecule has 0 aliphatic rings. The van der Waals surface area contributed by atoms with Gasteiger partial charge in [-0.25, -0.2) is 9.59 Å². The van der Waals surface area contributed by atoms with E-state index in [4.69, 9.17) is 13.9 Å². The fourth-order valence-corrected chi connectivity index (χ4v) is 3.20. The van der Waals surface area contributed by atoms with Crippen molar-refractivity contribution in [3.05, 3.63) is 88.7 Å². The number of esters is 1. The second-order valence-corrected chi connectivity index (χ2v) is 7.70. The molecule has 3 rings (SSSR count). The van der Waals surface area contributed by atoms with Gasteiger partial charge in [0.1, 0.15) is 30.0 Å². The van der Waals surface area contributed by atoms with E-state index in [2.05, 4.69) is 10.6 Å². The van der Waals surface area contributed by atoms with Gasteiger partial charge in [0.2, 0.25) is 5.88 Å². The molecule has 0 aliphatic heterocycles. The molecule has 0 bridgehead atoms. The van der Waals surface area contributed by atoms with E-state index in [9.17, 15) is 19.6 Å². The van der Waals surface area contributed by atoms with E-state index in [-0.39, 0.29) is 24.5 Å². The molecule has 9 heteroatoms. The maximum absolute atomic E-state index is 12.7. The zero-order valence-corrected chi connectivity index (χ0v) is 19.4. The smallest absolute Gasteiger partial charge is 0.408 e. The molecular weight excluding hydrogens is 450 g/mol. The molecule has 180 valence electrons. The number of hydrogen-bond acceptors (Lipinski definition) is 7. The van der Waals surface area contributed by atoms with Crippen LogP contribution in [0.4, 0.5) is 10.7 Å². The first-order chi connectivity index (χ1) is 16.9. The molecule has 2 N–H and O–H groups in total. The number of furan rings is 1. The molecule has 2 aromatic carbocycles. The summed E-state index contributed by atoms with van der Waals surface area (Å²) in [6.07, 6.45) is -0.659. The van der Waals surface area contributed by atoms with Crippen molar-refractivity contribution in [1.82, 2.24) is 5.32 Å². The van der Waals surface area contributed by atoms with Gasteiger partial charge >= 0.3 is 12.1 Å². The lowest BCUT2D eigenvalue weighted by molar-refractivity contribution is -0.149. The van der Waals surface area contributed by atoms with Crippen LogP contribution < -0.4 is 10.6 Å². The molecule has 1 aromatic heterocycles. The number of nitriles is 1. The highest BCUT2D eigenvalue weighted by atomic mass is 16.6. The Labute approximate surface area is 202 Å². The topological polar surface area (TPSA) is 131 Å².